The monoisotopic (exact) mass is 412 g/mol. The topological polar surface area (TPSA) is 72.0 Å². The van der Waals surface area contributed by atoms with E-state index < -0.39 is 9.84 Å². The maximum absolute atomic E-state index is 11.8. The fraction of sp³-hybridized carbons (Fsp3) is 0.435. The molecule has 0 bridgehead atoms. The molecule has 0 aliphatic heterocycles. The van der Waals surface area contributed by atoms with E-state index in [-0.39, 0.29) is 5.92 Å². The molecular weight excluding hydrogens is 384 g/mol. The highest BCUT2D eigenvalue weighted by Gasteiger charge is 2.24. The number of nitrogens with one attached hydrogen (secondary N) is 1. The van der Waals surface area contributed by atoms with Gasteiger partial charge in [0.1, 0.15) is 5.65 Å². The third kappa shape index (κ3) is 4.54. The van der Waals surface area contributed by atoms with Crippen LogP contribution in [-0.4, -0.2) is 31.8 Å². The van der Waals surface area contributed by atoms with Crippen LogP contribution in [0.4, 0.5) is 0 Å². The van der Waals surface area contributed by atoms with E-state index in [9.17, 15) is 8.42 Å². The highest BCUT2D eigenvalue weighted by molar-refractivity contribution is 7.90. The lowest BCUT2D eigenvalue weighted by Gasteiger charge is -2.20. The summed E-state index contributed by atoms with van der Waals surface area (Å²) < 4.78 is 28.9. The van der Waals surface area contributed by atoms with E-state index in [1.165, 1.54) is 31.9 Å². The quantitative estimate of drug-likeness (QED) is 0.604. The number of benzene rings is 1. The Labute approximate surface area is 172 Å². The van der Waals surface area contributed by atoms with E-state index in [0.717, 1.165) is 34.3 Å². The predicted octanol–water partition coefficient (Wildman–Crippen LogP) is 4.83. The largest absolute Gasteiger partial charge is 0.380 e. The molecule has 1 aromatic carbocycles. The van der Waals surface area contributed by atoms with Crippen molar-refractivity contribution < 1.29 is 13.2 Å². The minimum absolute atomic E-state index is 0.201. The molecule has 2 heterocycles. The van der Waals surface area contributed by atoms with Gasteiger partial charge in [0.2, 0.25) is 0 Å². The maximum atomic E-state index is 11.8. The smallest absolute Gasteiger partial charge is 0.175 e. The number of aromatic nitrogens is 2. The number of rotatable bonds is 7. The van der Waals surface area contributed by atoms with E-state index in [1.807, 2.05) is 18.3 Å². The summed E-state index contributed by atoms with van der Waals surface area (Å²) in [5, 5.41) is 1.08. The van der Waals surface area contributed by atoms with Crippen LogP contribution >= 0.6 is 0 Å². The molecule has 3 aromatic rings. The van der Waals surface area contributed by atoms with Crippen LogP contribution in [0.15, 0.2) is 47.5 Å². The Morgan fingerprint density at radius 3 is 2.55 bits per heavy atom. The SMILES string of the molecule is COCc1cnc2[nH]c([C@H](CC3CCCC3)c3ccc(S(C)(=O)=O)cc3)cc2c1. The number of pyridine rings is 1. The van der Waals surface area contributed by atoms with Gasteiger partial charge in [0, 0.05) is 36.6 Å². The summed E-state index contributed by atoms with van der Waals surface area (Å²) in [6.07, 6.45) is 9.31. The molecule has 2 aromatic heterocycles. The Balaban J connectivity index is 1.71. The van der Waals surface area contributed by atoms with Crippen molar-refractivity contribution in [3.63, 3.8) is 0 Å². The van der Waals surface area contributed by atoms with Gasteiger partial charge in [-0.25, -0.2) is 13.4 Å². The molecule has 1 saturated carbocycles. The molecule has 5 nitrogen and oxygen atoms in total. The number of hydrogen-bond acceptors (Lipinski definition) is 4. The zero-order valence-electron chi connectivity index (χ0n) is 17.0. The van der Waals surface area contributed by atoms with Crippen LogP contribution in [0.2, 0.25) is 0 Å². The maximum Gasteiger partial charge on any atom is 0.175 e. The van der Waals surface area contributed by atoms with Gasteiger partial charge in [-0.2, -0.15) is 0 Å². The van der Waals surface area contributed by atoms with Gasteiger partial charge in [-0.05, 0) is 47.7 Å². The van der Waals surface area contributed by atoms with Crippen molar-refractivity contribution in [2.24, 2.45) is 5.92 Å². The van der Waals surface area contributed by atoms with E-state index in [2.05, 4.69) is 22.1 Å². The molecule has 4 rings (SSSR count). The Kier molecular flexibility index (Phi) is 5.74. The van der Waals surface area contributed by atoms with Crippen LogP contribution in [0, 0.1) is 5.92 Å². The van der Waals surface area contributed by atoms with Gasteiger partial charge >= 0.3 is 0 Å². The minimum atomic E-state index is -3.19. The third-order valence-electron chi connectivity index (χ3n) is 5.99. The summed E-state index contributed by atoms with van der Waals surface area (Å²) in [4.78, 5) is 8.44. The van der Waals surface area contributed by atoms with E-state index in [4.69, 9.17) is 4.74 Å². The molecule has 154 valence electrons. The first-order chi connectivity index (χ1) is 13.9. The number of ether oxygens (including phenoxy) is 1. The van der Waals surface area contributed by atoms with Crippen molar-refractivity contribution in [3.05, 3.63) is 59.4 Å². The van der Waals surface area contributed by atoms with Gasteiger partial charge < -0.3 is 9.72 Å². The van der Waals surface area contributed by atoms with E-state index in [0.29, 0.717) is 17.4 Å². The molecule has 1 atom stereocenters. The lowest BCUT2D eigenvalue weighted by molar-refractivity contribution is 0.184. The molecule has 1 aliphatic rings. The van der Waals surface area contributed by atoms with Crippen LogP contribution < -0.4 is 0 Å². The highest BCUT2D eigenvalue weighted by Crippen LogP contribution is 2.38. The summed E-state index contributed by atoms with van der Waals surface area (Å²) in [5.74, 6) is 0.907. The van der Waals surface area contributed by atoms with Crippen LogP contribution in [-0.2, 0) is 21.2 Å². The predicted molar refractivity (Wildman–Crippen MR) is 115 cm³/mol. The van der Waals surface area contributed by atoms with Crippen molar-refractivity contribution in [1.82, 2.24) is 9.97 Å². The van der Waals surface area contributed by atoms with Gasteiger partial charge in [-0.3, -0.25) is 0 Å². The molecule has 0 unspecified atom stereocenters. The molecule has 29 heavy (non-hydrogen) atoms. The number of H-pyrrole nitrogens is 1. The van der Waals surface area contributed by atoms with Crippen LogP contribution in [0.5, 0.6) is 0 Å². The average Bonchev–Trinajstić information content (AvgIpc) is 3.35. The molecule has 0 spiro atoms. The number of nitrogens with zero attached hydrogens (tertiary/aromatic N) is 1. The second kappa shape index (κ2) is 8.28. The zero-order chi connectivity index (χ0) is 20.4. The van der Waals surface area contributed by atoms with Crippen LogP contribution in [0.3, 0.4) is 0 Å². The number of hydrogen-bond donors (Lipinski definition) is 1. The van der Waals surface area contributed by atoms with Crippen molar-refractivity contribution in [3.8, 4) is 0 Å². The van der Waals surface area contributed by atoms with Crippen LogP contribution in [0.1, 0.15) is 54.8 Å². The molecule has 0 saturated heterocycles. The van der Waals surface area contributed by atoms with Crippen molar-refractivity contribution >= 4 is 20.9 Å². The second-order valence-corrected chi connectivity index (χ2v) is 10.2. The zero-order valence-corrected chi connectivity index (χ0v) is 17.8. The van der Waals surface area contributed by atoms with Gasteiger partial charge in [0.15, 0.2) is 9.84 Å². The van der Waals surface area contributed by atoms with Gasteiger partial charge in [0.05, 0.1) is 11.5 Å². The minimum Gasteiger partial charge on any atom is -0.380 e. The number of sulfone groups is 1. The third-order valence-corrected chi connectivity index (χ3v) is 7.12. The fourth-order valence-corrected chi connectivity index (χ4v) is 5.12. The van der Waals surface area contributed by atoms with Crippen molar-refractivity contribution in [2.75, 3.05) is 13.4 Å². The van der Waals surface area contributed by atoms with Crippen molar-refractivity contribution in [1.29, 1.82) is 0 Å². The van der Waals surface area contributed by atoms with Crippen LogP contribution in [0.25, 0.3) is 11.0 Å². The number of methoxy groups -OCH3 is 1. The first-order valence-electron chi connectivity index (χ1n) is 10.2. The second-order valence-electron chi connectivity index (χ2n) is 8.22. The highest BCUT2D eigenvalue weighted by atomic mass is 32.2. The molecule has 0 amide bonds. The Bertz CT molecular complexity index is 1080. The number of fused-ring (bicyclic) bond motifs is 1. The Morgan fingerprint density at radius 1 is 1.17 bits per heavy atom. The summed E-state index contributed by atoms with van der Waals surface area (Å²) >= 11 is 0. The van der Waals surface area contributed by atoms with Gasteiger partial charge in [-0.15, -0.1) is 0 Å². The Morgan fingerprint density at radius 2 is 1.90 bits per heavy atom. The van der Waals surface area contributed by atoms with E-state index >= 15 is 0 Å². The fourth-order valence-electron chi connectivity index (χ4n) is 4.48. The summed E-state index contributed by atoms with van der Waals surface area (Å²) in [5.41, 5.74) is 4.22. The molecule has 6 heteroatoms. The van der Waals surface area contributed by atoms with Gasteiger partial charge in [0.25, 0.3) is 0 Å². The lowest BCUT2D eigenvalue weighted by atomic mass is 9.85. The van der Waals surface area contributed by atoms with Crippen molar-refractivity contribution in [2.45, 2.75) is 49.5 Å². The summed E-state index contributed by atoms with van der Waals surface area (Å²) in [6.45, 7) is 0.544. The number of aromatic amines is 1. The van der Waals surface area contributed by atoms with Gasteiger partial charge in [-0.1, -0.05) is 37.8 Å². The first-order valence-corrected chi connectivity index (χ1v) is 12.1. The molecule has 1 aliphatic carbocycles. The first kappa shape index (κ1) is 20.1. The Hall–Kier alpha value is -2.18. The standard InChI is InChI=1S/C23H28N2O3S/c1-28-15-17-11-19-13-22(25-23(19)24-14-17)21(12-16-5-3-4-6-16)18-7-9-20(10-8-18)29(2,26)27/h7-11,13-14,16,21H,3-6,12,15H2,1-2H3,(H,24,25)/t21-/m1/s1. The average molecular weight is 413 g/mol. The lowest BCUT2D eigenvalue weighted by Crippen LogP contribution is -2.08. The summed E-state index contributed by atoms with van der Waals surface area (Å²) in [6, 6.07) is 11.7. The van der Waals surface area contributed by atoms with E-state index in [1.54, 1.807) is 19.2 Å². The summed E-state index contributed by atoms with van der Waals surface area (Å²) in [7, 11) is -1.51. The molecule has 1 fully saturated rings. The molecular formula is C23H28N2O3S. The molecule has 1 N–H and O–H groups in total. The molecule has 0 radical (unpaired) electrons. The normalized spacial score (nSPS) is 16.5.